The predicted molar refractivity (Wildman–Crippen MR) is 121 cm³/mol. The molecule has 0 saturated carbocycles. The maximum absolute atomic E-state index is 13.3. The lowest BCUT2D eigenvalue weighted by Crippen LogP contribution is -2.43. The van der Waals surface area contributed by atoms with Gasteiger partial charge in [-0.15, -0.1) is 0 Å². The zero-order chi connectivity index (χ0) is 24.5. The Hall–Kier alpha value is -3.12. The molecule has 1 aromatic carbocycles. The number of benzene rings is 1. The highest BCUT2D eigenvalue weighted by Crippen LogP contribution is 2.35. The van der Waals surface area contributed by atoms with E-state index < -0.39 is 34.0 Å². The van der Waals surface area contributed by atoms with E-state index in [0.29, 0.717) is 43.4 Å². The summed E-state index contributed by atoms with van der Waals surface area (Å²) in [6.07, 6.45) is 1.24. The molecule has 0 unspecified atom stereocenters. The molecule has 11 nitrogen and oxygen atoms in total. The number of amides is 1. The minimum absolute atomic E-state index is 0.00388. The predicted octanol–water partition coefficient (Wildman–Crippen LogP) is 1.96. The van der Waals surface area contributed by atoms with Crippen LogP contribution in [0.3, 0.4) is 0 Å². The molecule has 34 heavy (non-hydrogen) atoms. The van der Waals surface area contributed by atoms with Gasteiger partial charge in [-0.25, -0.2) is 13.1 Å². The quantitative estimate of drug-likeness (QED) is 0.581. The number of carbonyl (C=O) groups is 2. The number of rotatable bonds is 7. The van der Waals surface area contributed by atoms with Crippen LogP contribution in [0.1, 0.15) is 39.7 Å². The Morgan fingerprint density at radius 3 is 2.62 bits per heavy atom. The lowest BCUT2D eigenvalue weighted by Gasteiger charge is -2.25. The summed E-state index contributed by atoms with van der Waals surface area (Å²) in [6, 6.07) is 5.02. The van der Waals surface area contributed by atoms with Crippen molar-refractivity contribution in [2.24, 2.45) is 0 Å². The molecule has 0 radical (unpaired) electrons. The number of sulfonamides is 1. The largest absolute Gasteiger partial charge is 0.486 e. The number of hydrogen-bond donors (Lipinski definition) is 1. The number of aromatic nitrogens is 2. The fraction of sp³-hybridized carbons (Fsp3) is 0.500. The molecular weight excluding hydrogens is 464 g/mol. The molecule has 2 aliphatic heterocycles. The van der Waals surface area contributed by atoms with Gasteiger partial charge in [-0.1, -0.05) is 0 Å². The standard InChI is InChI=1S/C22H28N4O7S/c1-14(2)26-20(8-9-23-26)24-21(27)15(3)33-22(28)17-5-4-10-25(17)34(29,30)16-6-7-18-19(13-16)32-12-11-31-18/h6-9,13-15,17H,4-5,10-12H2,1-3H3,(H,24,27)/t15-,17-/m1/s1. The van der Waals surface area contributed by atoms with E-state index in [1.54, 1.807) is 23.0 Å². The first-order valence-electron chi connectivity index (χ1n) is 11.1. The van der Waals surface area contributed by atoms with Crippen LogP contribution < -0.4 is 14.8 Å². The summed E-state index contributed by atoms with van der Waals surface area (Å²) >= 11 is 0. The Kier molecular flexibility index (Phi) is 6.80. The van der Waals surface area contributed by atoms with Crippen LogP contribution in [-0.4, -0.2) is 66.3 Å². The summed E-state index contributed by atoms with van der Waals surface area (Å²) in [5.74, 6) is -0.00184. The molecule has 184 valence electrons. The van der Waals surface area contributed by atoms with Crippen LogP contribution in [0.5, 0.6) is 11.5 Å². The van der Waals surface area contributed by atoms with Crippen molar-refractivity contribution >= 4 is 27.7 Å². The van der Waals surface area contributed by atoms with Crippen LogP contribution in [0, 0.1) is 0 Å². The van der Waals surface area contributed by atoms with E-state index >= 15 is 0 Å². The van der Waals surface area contributed by atoms with E-state index in [2.05, 4.69) is 10.4 Å². The first-order valence-corrected chi connectivity index (χ1v) is 12.6. The minimum atomic E-state index is -3.99. The van der Waals surface area contributed by atoms with Gasteiger partial charge >= 0.3 is 5.97 Å². The zero-order valence-electron chi connectivity index (χ0n) is 19.3. The van der Waals surface area contributed by atoms with Gasteiger partial charge in [0.25, 0.3) is 5.91 Å². The van der Waals surface area contributed by atoms with Crippen LogP contribution >= 0.6 is 0 Å². The fourth-order valence-electron chi connectivity index (χ4n) is 3.94. The Bertz CT molecular complexity index is 1180. The number of ether oxygens (including phenoxy) is 3. The lowest BCUT2D eigenvalue weighted by atomic mass is 10.2. The second-order valence-corrected chi connectivity index (χ2v) is 10.3. The number of hydrogen-bond acceptors (Lipinski definition) is 8. The molecule has 1 amide bonds. The van der Waals surface area contributed by atoms with Crippen molar-refractivity contribution in [2.45, 2.75) is 56.7 Å². The van der Waals surface area contributed by atoms with E-state index in [4.69, 9.17) is 14.2 Å². The summed E-state index contributed by atoms with van der Waals surface area (Å²) in [6.45, 7) is 6.17. The first-order chi connectivity index (χ1) is 16.2. The van der Waals surface area contributed by atoms with E-state index in [-0.39, 0.29) is 17.5 Å². The number of fused-ring (bicyclic) bond motifs is 1. The van der Waals surface area contributed by atoms with Crippen LogP contribution in [0.15, 0.2) is 35.4 Å². The molecule has 1 aromatic heterocycles. The molecule has 2 aromatic rings. The molecule has 12 heteroatoms. The third kappa shape index (κ3) is 4.73. The van der Waals surface area contributed by atoms with Gasteiger partial charge in [-0.05, 0) is 45.7 Å². The monoisotopic (exact) mass is 492 g/mol. The topological polar surface area (TPSA) is 129 Å². The van der Waals surface area contributed by atoms with Crippen molar-refractivity contribution in [1.82, 2.24) is 14.1 Å². The Morgan fingerprint density at radius 1 is 1.15 bits per heavy atom. The molecular formula is C22H28N4O7S. The highest BCUT2D eigenvalue weighted by molar-refractivity contribution is 7.89. The van der Waals surface area contributed by atoms with E-state index in [1.165, 1.54) is 19.1 Å². The van der Waals surface area contributed by atoms with Crippen LogP contribution in [0.25, 0.3) is 0 Å². The van der Waals surface area contributed by atoms with Gasteiger partial charge in [0.15, 0.2) is 17.6 Å². The second-order valence-electron chi connectivity index (χ2n) is 8.40. The van der Waals surface area contributed by atoms with Crippen molar-refractivity contribution < 1.29 is 32.2 Å². The Labute approximate surface area is 198 Å². The van der Waals surface area contributed by atoms with Gasteiger partial charge < -0.3 is 19.5 Å². The minimum Gasteiger partial charge on any atom is -0.486 e. The molecule has 0 bridgehead atoms. The molecule has 1 fully saturated rings. The third-order valence-corrected chi connectivity index (χ3v) is 7.57. The molecule has 1 saturated heterocycles. The molecule has 3 heterocycles. The number of anilines is 1. The van der Waals surface area contributed by atoms with Gasteiger partial charge in [0, 0.05) is 24.7 Å². The van der Waals surface area contributed by atoms with Crippen molar-refractivity contribution in [2.75, 3.05) is 25.1 Å². The van der Waals surface area contributed by atoms with Gasteiger partial charge in [-0.3, -0.25) is 9.59 Å². The fourth-order valence-corrected chi connectivity index (χ4v) is 5.60. The lowest BCUT2D eigenvalue weighted by molar-refractivity contribution is -0.156. The van der Waals surface area contributed by atoms with Gasteiger partial charge in [0.2, 0.25) is 10.0 Å². The van der Waals surface area contributed by atoms with E-state index in [9.17, 15) is 18.0 Å². The molecule has 2 aliphatic rings. The van der Waals surface area contributed by atoms with Gasteiger partial charge in [-0.2, -0.15) is 9.40 Å². The number of esters is 1. The molecule has 0 spiro atoms. The number of carbonyl (C=O) groups excluding carboxylic acids is 2. The SMILES string of the molecule is CC(C)n1nccc1NC(=O)[C@@H](C)OC(=O)[C@H]1CCCN1S(=O)(=O)c1ccc2c(c1)OCCO2. The summed E-state index contributed by atoms with van der Waals surface area (Å²) in [7, 11) is -3.99. The normalized spacial score (nSPS) is 19.1. The van der Waals surface area contributed by atoms with Gasteiger partial charge in [0.05, 0.1) is 11.1 Å². The van der Waals surface area contributed by atoms with Crippen LogP contribution in [-0.2, 0) is 24.3 Å². The van der Waals surface area contributed by atoms with Crippen molar-refractivity contribution in [3.8, 4) is 11.5 Å². The third-order valence-electron chi connectivity index (χ3n) is 5.67. The van der Waals surface area contributed by atoms with E-state index in [0.717, 1.165) is 4.31 Å². The molecule has 2 atom stereocenters. The van der Waals surface area contributed by atoms with E-state index in [1.807, 2.05) is 13.8 Å². The summed E-state index contributed by atoms with van der Waals surface area (Å²) < 4.78 is 45.7. The molecule has 4 rings (SSSR count). The number of nitrogens with one attached hydrogen (secondary N) is 1. The summed E-state index contributed by atoms with van der Waals surface area (Å²) in [4.78, 5) is 25.5. The van der Waals surface area contributed by atoms with Crippen LogP contribution in [0.4, 0.5) is 5.82 Å². The summed E-state index contributed by atoms with van der Waals surface area (Å²) in [5, 5.41) is 6.84. The first kappa shape index (κ1) is 24.0. The van der Waals surface area contributed by atoms with Crippen molar-refractivity contribution in [3.05, 3.63) is 30.5 Å². The van der Waals surface area contributed by atoms with Crippen molar-refractivity contribution in [1.29, 1.82) is 0 Å². The van der Waals surface area contributed by atoms with Crippen LogP contribution in [0.2, 0.25) is 0 Å². The average Bonchev–Trinajstić information content (AvgIpc) is 3.49. The molecule has 0 aliphatic carbocycles. The molecule has 1 N–H and O–H groups in total. The maximum Gasteiger partial charge on any atom is 0.325 e. The Balaban J connectivity index is 1.44. The summed E-state index contributed by atoms with van der Waals surface area (Å²) in [5.41, 5.74) is 0. The highest BCUT2D eigenvalue weighted by atomic mass is 32.2. The van der Waals surface area contributed by atoms with Gasteiger partial charge in [0.1, 0.15) is 25.1 Å². The highest BCUT2D eigenvalue weighted by Gasteiger charge is 2.41. The van der Waals surface area contributed by atoms with Crippen molar-refractivity contribution in [3.63, 3.8) is 0 Å². The Morgan fingerprint density at radius 2 is 1.88 bits per heavy atom. The number of nitrogens with zero attached hydrogens (tertiary/aromatic N) is 3. The average molecular weight is 493 g/mol. The smallest absolute Gasteiger partial charge is 0.325 e. The maximum atomic E-state index is 13.3. The zero-order valence-corrected chi connectivity index (χ0v) is 20.1. The second kappa shape index (κ2) is 9.63.